The lowest BCUT2D eigenvalue weighted by Gasteiger charge is -2.11. The van der Waals surface area contributed by atoms with Crippen LogP contribution in [0.2, 0.25) is 5.02 Å². The molecule has 0 bridgehead atoms. The lowest BCUT2D eigenvalue weighted by Crippen LogP contribution is -1.93. The topological polar surface area (TPSA) is 57.4 Å². The van der Waals surface area contributed by atoms with Gasteiger partial charge in [-0.15, -0.1) is 0 Å². The monoisotopic (exact) mass is 250 g/mol. The Balaban J connectivity index is 2.33. The zero-order valence-electron chi connectivity index (χ0n) is 9.18. The highest BCUT2D eigenvalue weighted by atomic mass is 35.5. The maximum Gasteiger partial charge on any atom is 0.169 e. The summed E-state index contributed by atoms with van der Waals surface area (Å²) in [7, 11) is 1.55. The van der Waals surface area contributed by atoms with E-state index in [1.807, 2.05) is 0 Å². The van der Waals surface area contributed by atoms with Crippen molar-refractivity contribution in [2.24, 2.45) is 0 Å². The average molecular weight is 251 g/mol. The fourth-order valence-corrected chi connectivity index (χ4v) is 1.49. The minimum absolute atomic E-state index is 0.436. The molecule has 88 valence electrons. The van der Waals surface area contributed by atoms with Crippen molar-refractivity contribution in [1.29, 1.82) is 0 Å². The molecule has 0 saturated carbocycles. The Labute approximate surface area is 104 Å². The predicted octanol–water partition coefficient (Wildman–Crippen LogP) is 3.12. The highest BCUT2D eigenvalue weighted by Crippen LogP contribution is 2.35. The molecule has 1 heterocycles. The van der Waals surface area contributed by atoms with E-state index in [-0.39, 0.29) is 0 Å². The second-order valence-electron chi connectivity index (χ2n) is 3.32. The van der Waals surface area contributed by atoms with Gasteiger partial charge >= 0.3 is 0 Å². The first-order valence-corrected chi connectivity index (χ1v) is 5.29. The number of benzene rings is 1. The van der Waals surface area contributed by atoms with Gasteiger partial charge in [0.2, 0.25) is 0 Å². The Morgan fingerprint density at radius 1 is 1.18 bits per heavy atom. The summed E-state index contributed by atoms with van der Waals surface area (Å²) in [5.74, 6) is 1.62. The number of hydrogen-bond acceptors (Lipinski definition) is 4. The molecule has 1 aromatic heterocycles. The Hall–Kier alpha value is -1.94. The number of ether oxygens (including phenoxy) is 2. The summed E-state index contributed by atoms with van der Waals surface area (Å²) < 4.78 is 10.8. The number of pyridine rings is 1. The van der Waals surface area contributed by atoms with Gasteiger partial charge in [-0.25, -0.2) is 0 Å². The van der Waals surface area contributed by atoms with E-state index in [0.717, 1.165) is 0 Å². The Bertz CT molecular complexity index is 532. The van der Waals surface area contributed by atoms with E-state index in [0.29, 0.717) is 28.0 Å². The summed E-state index contributed by atoms with van der Waals surface area (Å²) in [4.78, 5) is 3.88. The summed E-state index contributed by atoms with van der Waals surface area (Å²) in [6.07, 6.45) is 3.12. The molecule has 4 nitrogen and oxygen atoms in total. The van der Waals surface area contributed by atoms with Crippen molar-refractivity contribution in [2.75, 3.05) is 12.8 Å². The number of anilines is 1. The third-order valence-electron chi connectivity index (χ3n) is 2.14. The maximum absolute atomic E-state index is 5.95. The third kappa shape index (κ3) is 2.60. The molecule has 0 atom stereocenters. The number of nitrogens with zero attached hydrogens (tertiary/aromatic N) is 1. The third-order valence-corrected chi connectivity index (χ3v) is 2.43. The van der Waals surface area contributed by atoms with E-state index in [1.54, 1.807) is 37.6 Å². The molecule has 17 heavy (non-hydrogen) atoms. The number of rotatable bonds is 3. The molecule has 0 fully saturated rings. The smallest absolute Gasteiger partial charge is 0.169 e. The van der Waals surface area contributed by atoms with Gasteiger partial charge in [-0.05, 0) is 12.1 Å². The molecule has 0 aliphatic rings. The van der Waals surface area contributed by atoms with Crippen LogP contribution in [0.15, 0.2) is 36.7 Å². The van der Waals surface area contributed by atoms with Crippen LogP contribution in [0.3, 0.4) is 0 Å². The Morgan fingerprint density at radius 2 is 2.00 bits per heavy atom. The molecule has 2 aromatic rings. The lowest BCUT2D eigenvalue weighted by atomic mass is 10.3. The molecule has 0 unspecified atom stereocenters. The van der Waals surface area contributed by atoms with E-state index in [1.165, 1.54) is 6.20 Å². The first-order valence-electron chi connectivity index (χ1n) is 4.91. The van der Waals surface area contributed by atoms with Gasteiger partial charge in [-0.1, -0.05) is 11.6 Å². The van der Waals surface area contributed by atoms with Crippen LogP contribution < -0.4 is 15.2 Å². The van der Waals surface area contributed by atoms with Crippen LogP contribution in [0.4, 0.5) is 5.69 Å². The van der Waals surface area contributed by atoms with E-state index < -0.39 is 0 Å². The molecule has 2 N–H and O–H groups in total. The van der Waals surface area contributed by atoms with Gasteiger partial charge in [0, 0.05) is 30.2 Å². The second-order valence-corrected chi connectivity index (χ2v) is 3.73. The van der Waals surface area contributed by atoms with Crippen LogP contribution in [0.1, 0.15) is 0 Å². The molecule has 2 rings (SSSR count). The van der Waals surface area contributed by atoms with Crippen molar-refractivity contribution in [1.82, 2.24) is 4.98 Å². The fourth-order valence-electron chi connectivity index (χ4n) is 1.33. The van der Waals surface area contributed by atoms with Gasteiger partial charge in [0.25, 0.3) is 0 Å². The summed E-state index contributed by atoms with van der Waals surface area (Å²) in [6.45, 7) is 0. The summed E-state index contributed by atoms with van der Waals surface area (Å²) in [5, 5.41) is 0.436. The number of aromatic nitrogens is 1. The second kappa shape index (κ2) is 4.93. The molecule has 0 spiro atoms. The Kier molecular flexibility index (Phi) is 3.35. The average Bonchev–Trinajstić information content (AvgIpc) is 2.34. The first-order chi connectivity index (χ1) is 8.20. The number of nitrogen functional groups attached to an aromatic ring is 1. The molecule has 1 aromatic carbocycles. The summed E-state index contributed by atoms with van der Waals surface area (Å²) in [6, 6.07) is 6.82. The molecule has 0 radical (unpaired) electrons. The van der Waals surface area contributed by atoms with Gasteiger partial charge in [0.15, 0.2) is 11.5 Å². The number of nitrogens with two attached hydrogens (primary N) is 1. The fraction of sp³-hybridized carbons (Fsp3) is 0.0833. The van der Waals surface area contributed by atoms with Gasteiger partial charge in [-0.2, -0.15) is 0 Å². The van der Waals surface area contributed by atoms with Crippen LogP contribution in [0.5, 0.6) is 17.2 Å². The van der Waals surface area contributed by atoms with Crippen molar-refractivity contribution >= 4 is 17.3 Å². The quantitative estimate of drug-likeness (QED) is 0.851. The first kappa shape index (κ1) is 11.5. The molecule has 5 heteroatoms. The highest BCUT2D eigenvalue weighted by Gasteiger charge is 2.08. The molecular weight excluding hydrogens is 240 g/mol. The van der Waals surface area contributed by atoms with Gasteiger partial charge in [-0.3, -0.25) is 4.98 Å². The SMILES string of the molecule is COc1cc(N)ccc1Oc1ccncc1Cl. The normalized spacial score (nSPS) is 10.0. The molecule has 0 aliphatic heterocycles. The number of methoxy groups -OCH3 is 1. The lowest BCUT2D eigenvalue weighted by molar-refractivity contribution is 0.379. The molecule has 0 aliphatic carbocycles. The number of halogens is 1. The van der Waals surface area contributed by atoms with Crippen molar-refractivity contribution in [3.8, 4) is 17.2 Å². The van der Waals surface area contributed by atoms with Crippen molar-refractivity contribution in [3.63, 3.8) is 0 Å². The van der Waals surface area contributed by atoms with Crippen LogP contribution in [-0.2, 0) is 0 Å². The van der Waals surface area contributed by atoms with Crippen LogP contribution in [0.25, 0.3) is 0 Å². The number of hydrogen-bond donors (Lipinski definition) is 1. The van der Waals surface area contributed by atoms with Crippen LogP contribution in [0, 0.1) is 0 Å². The highest BCUT2D eigenvalue weighted by molar-refractivity contribution is 6.31. The Morgan fingerprint density at radius 3 is 2.71 bits per heavy atom. The van der Waals surface area contributed by atoms with E-state index >= 15 is 0 Å². The molecule has 0 saturated heterocycles. The van der Waals surface area contributed by atoms with Crippen molar-refractivity contribution in [3.05, 3.63) is 41.7 Å². The van der Waals surface area contributed by atoms with Crippen LogP contribution >= 0.6 is 11.6 Å². The van der Waals surface area contributed by atoms with Crippen molar-refractivity contribution < 1.29 is 9.47 Å². The largest absolute Gasteiger partial charge is 0.493 e. The zero-order valence-corrected chi connectivity index (χ0v) is 9.94. The van der Waals surface area contributed by atoms with Gasteiger partial charge < -0.3 is 15.2 Å². The maximum atomic E-state index is 5.95. The summed E-state index contributed by atoms with van der Waals surface area (Å²) >= 11 is 5.95. The predicted molar refractivity (Wildman–Crippen MR) is 66.7 cm³/mol. The van der Waals surface area contributed by atoms with Crippen molar-refractivity contribution in [2.45, 2.75) is 0 Å². The molecule has 0 amide bonds. The zero-order chi connectivity index (χ0) is 12.3. The molecular formula is C12H11ClN2O2. The van der Waals surface area contributed by atoms with E-state index in [9.17, 15) is 0 Å². The van der Waals surface area contributed by atoms with Gasteiger partial charge in [0.1, 0.15) is 10.8 Å². The standard InChI is InChI=1S/C12H11ClN2O2/c1-16-12-6-8(14)2-3-11(12)17-10-4-5-15-7-9(10)13/h2-7H,14H2,1H3. The minimum atomic E-state index is 0.436. The summed E-state index contributed by atoms with van der Waals surface area (Å²) in [5.41, 5.74) is 6.26. The van der Waals surface area contributed by atoms with E-state index in [4.69, 9.17) is 26.8 Å². The van der Waals surface area contributed by atoms with Crippen LogP contribution in [-0.4, -0.2) is 12.1 Å². The van der Waals surface area contributed by atoms with Gasteiger partial charge in [0.05, 0.1) is 7.11 Å². The minimum Gasteiger partial charge on any atom is -0.493 e. The van der Waals surface area contributed by atoms with E-state index in [2.05, 4.69) is 4.98 Å².